The highest BCUT2D eigenvalue weighted by atomic mass is 16.5. The van der Waals surface area contributed by atoms with Crippen LogP contribution in [0, 0.1) is 0 Å². The van der Waals surface area contributed by atoms with Gasteiger partial charge in [-0.15, -0.1) is 0 Å². The second-order valence-corrected chi connectivity index (χ2v) is 6.21. The molecule has 1 aromatic rings. The Bertz CT molecular complexity index is 648. The van der Waals surface area contributed by atoms with Crippen molar-refractivity contribution in [3.63, 3.8) is 0 Å². The predicted molar refractivity (Wildman–Crippen MR) is 105 cm³/mol. The number of hydrogen-bond donors (Lipinski definition) is 4. The molecule has 0 fully saturated rings. The third kappa shape index (κ3) is 7.56. The van der Waals surface area contributed by atoms with Crippen molar-refractivity contribution in [1.82, 2.24) is 0 Å². The summed E-state index contributed by atoms with van der Waals surface area (Å²) in [7, 11) is 3.12. The summed E-state index contributed by atoms with van der Waals surface area (Å²) in [6, 6.07) is 3.70. The Kier molecular flexibility index (Phi) is 10.4. The molecule has 0 unspecified atom stereocenters. The van der Waals surface area contributed by atoms with Crippen LogP contribution in [0.4, 0.5) is 0 Å². The molecule has 0 bridgehead atoms. The number of aromatic hydroxyl groups is 1. The van der Waals surface area contributed by atoms with Crippen molar-refractivity contribution in [3.8, 4) is 5.75 Å². The maximum atomic E-state index is 10.3. The maximum absolute atomic E-state index is 10.3. The summed E-state index contributed by atoms with van der Waals surface area (Å²) >= 11 is 0. The fourth-order valence-corrected chi connectivity index (χ4v) is 2.75. The standard InChI is InChI=1S/C21H30O6/c1-15(10-17(6-8-23)20(24)5-4-7-22)9-16-11-18(13-26-2)21(25)19(12-16)14-27-3/h5,10-12,22-25H,1,4,6-9,13-14H2,2-3H3/b17-10-,20-5-. The number of aliphatic hydroxyl groups is 3. The quantitative estimate of drug-likeness (QED) is 0.330. The summed E-state index contributed by atoms with van der Waals surface area (Å²) < 4.78 is 10.3. The Labute approximate surface area is 160 Å². The van der Waals surface area contributed by atoms with Gasteiger partial charge in [-0.05, 0) is 48.6 Å². The second-order valence-electron chi connectivity index (χ2n) is 6.21. The highest BCUT2D eigenvalue weighted by Gasteiger charge is 2.11. The number of phenolic OH excluding ortho intramolecular Hbond substituents is 1. The maximum Gasteiger partial charge on any atom is 0.126 e. The van der Waals surface area contributed by atoms with E-state index in [0.717, 1.165) is 11.1 Å². The van der Waals surface area contributed by atoms with E-state index in [2.05, 4.69) is 6.58 Å². The van der Waals surface area contributed by atoms with E-state index >= 15 is 0 Å². The molecule has 0 aliphatic carbocycles. The van der Waals surface area contributed by atoms with Gasteiger partial charge in [0.05, 0.1) is 13.2 Å². The number of benzene rings is 1. The average Bonchev–Trinajstić information content (AvgIpc) is 2.63. The van der Waals surface area contributed by atoms with Crippen molar-refractivity contribution >= 4 is 0 Å². The number of rotatable bonds is 12. The van der Waals surface area contributed by atoms with Crippen molar-refractivity contribution in [2.75, 3.05) is 27.4 Å². The van der Waals surface area contributed by atoms with Crippen molar-refractivity contribution < 1.29 is 29.9 Å². The van der Waals surface area contributed by atoms with Crippen molar-refractivity contribution in [2.45, 2.75) is 32.5 Å². The van der Waals surface area contributed by atoms with Crippen LogP contribution >= 0.6 is 0 Å². The van der Waals surface area contributed by atoms with Gasteiger partial charge >= 0.3 is 0 Å². The molecule has 0 heterocycles. The first-order valence-electron chi connectivity index (χ1n) is 8.77. The molecule has 1 rings (SSSR count). The van der Waals surface area contributed by atoms with Crippen LogP contribution < -0.4 is 0 Å². The first kappa shape index (κ1) is 22.9. The Morgan fingerprint density at radius 1 is 1.07 bits per heavy atom. The Morgan fingerprint density at radius 2 is 1.67 bits per heavy atom. The molecule has 4 N–H and O–H groups in total. The molecular weight excluding hydrogens is 348 g/mol. The molecule has 0 spiro atoms. The zero-order chi connectivity index (χ0) is 20.2. The third-order valence-corrected chi connectivity index (χ3v) is 3.91. The van der Waals surface area contributed by atoms with E-state index in [-0.39, 0.29) is 44.4 Å². The molecule has 27 heavy (non-hydrogen) atoms. The fraction of sp³-hybridized carbons (Fsp3) is 0.429. The Hall–Kier alpha value is -2.12. The van der Waals surface area contributed by atoms with Gasteiger partial charge in [0.25, 0.3) is 0 Å². The van der Waals surface area contributed by atoms with Gasteiger partial charge in [0.15, 0.2) is 0 Å². The van der Waals surface area contributed by atoms with E-state index in [4.69, 9.17) is 14.6 Å². The van der Waals surface area contributed by atoms with Crippen molar-refractivity contribution in [1.29, 1.82) is 0 Å². The molecule has 0 amide bonds. The molecule has 0 radical (unpaired) electrons. The average molecular weight is 378 g/mol. The molecule has 0 aromatic heterocycles. The zero-order valence-electron chi connectivity index (χ0n) is 16.1. The SMILES string of the molecule is C=C(/C=C(CCO)\C(O)=C\CCO)Cc1cc(COC)c(O)c(COC)c1. The zero-order valence-corrected chi connectivity index (χ0v) is 16.1. The van der Waals surface area contributed by atoms with E-state index in [0.29, 0.717) is 29.5 Å². The second kappa shape index (κ2) is 12.3. The molecule has 150 valence electrons. The van der Waals surface area contributed by atoms with E-state index < -0.39 is 0 Å². The summed E-state index contributed by atoms with van der Waals surface area (Å²) in [5, 5.41) is 38.5. The summed E-state index contributed by atoms with van der Waals surface area (Å²) in [6.45, 7) is 4.43. The van der Waals surface area contributed by atoms with Gasteiger partial charge in [0.2, 0.25) is 0 Å². The van der Waals surface area contributed by atoms with Crippen LogP contribution in [-0.2, 0) is 29.1 Å². The molecule has 0 aliphatic rings. The van der Waals surface area contributed by atoms with Gasteiger partial charge < -0.3 is 29.9 Å². The Morgan fingerprint density at radius 3 is 2.15 bits per heavy atom. The number of hydrogen-bond acceptors (Lipinski definition) is 6. The number of phenols is 1. The minimum Gasteiger partial charge on any atom is -0.508 e. The topological polar surface area (TPSA) is 99.4 Å². The first-order chi connectivity index (χ1) is 13.0. The van der Waals surface area contributed by atoms with Crippen LogP contribution in [0.5, 0.6) is 5.75 Å². The van der Waals surface area contributed by atoms with Gasteiger partial charge in [-0.1, -0.05) is 18.2 Å². The molecule has 6 heteroatoms. The number of aliphatic hydroxyl groups excluding tert-OH is 3. The van der Waals surface area contributed by atoms with E-state index in [1.165, 1.54) is 6.08 Å². The number of allylic oxidation sites excluding steroid dienone is 3. The van der Waals surface area contributed by atoms with Crippen molar-refractivity contribution in [2.24, 2.45) is 0 Å². The van der Waals surface area contributed by atoms with Crippen LogP contribution in [-0.4, -0.2) is 47.9 Å². The minimum absolute atomic E-state index is 0.0325. The summed E-state index contributed by atoms with van der Waals surface area (Å²) in [5.41, 5.74) is 3.55. The lowest BCUT2D eigenvalue weighted by Gasteiger charge is -2.13. The smallest absolute Gasteiger partial charge is 0.126 e. The fourth-order valence-electron chi connectivity index (χ4n) is 2.75. The van der Waals surface area contributed by atoms with E-state index in [9.17, 15) is 15.3 Å². The summed E-state index contributed by atoms with van der Waals surface area (Å²) in [6.07, 6.45) is 4.36. The van der Waals surface area contributed by atoms with Gasteiger partial charge in [-0.25, -0.2) is 0 Å². The highest BCUT2D eigenvalue weighted by Crippen LogP contribution is 2.27. The normalized spacial score (nSPS) is 12.4. The van der Waals surface area contributed by atoms with Crippen molar-refractivity contribution in [3.05, 3.63) is 64.5 Å². The minimum atomic E-state index is -0.106. The molecule has 0 saturated heterocycles. The largest absolute Gasteiger partial charge is 0.508 e. The lowest BCUT2D eigenvalue weighted by molar-refractivity contribution is 0.174. The summed E-state index contributed by atoms with van der Waals surface area (Å²) in [4.78, 5) is 0. The predicted octanol–water partition coefficient (Wildman–Crippen LogP) is 2.92. The number of ether oxygens (including phenoxy) is 2. The third-order valence-electron chi connectivity index (χ3n) is 3.91. The first-order valence-corrected chi connectivity index (χ1v) is 8.77. The highest BCUT2D eigenvalue weighted by molar-refractivity contribution is 5.45. The lowest BCUT2D eigenvalue weighted by Crippen LogP contribution is -2.00. The monoisotopic (exact) mass is 378 g/mol. The van der Waals surface area contributed by atoms with E-state index in [1.807, 2.05) is 12.1 Å². The van der Waals surface area contributed by atoms with Crippen LogP contribution in [0.2, 0.25) is 0 Å². The Balaban J connectivity index is 3.08. The van der Waals surface area contributed by atoms with E-state index in [1.54, 1.807) is 20.3 Å². The molecule has 0 aliphatic heterocycles. The summed E-state index contributed by atoms with van der Waals surface area (Å²) in [5.74, 6) is 0.194. The van der Waals surface area contributed by atoms with Gasteiger partial charge in [-0.2, -0.15) is 0 Å². The molecule has 1 aromatic carbocycles. The van der Waals surface area contributed by atoms with Gasteiger partial charge in [0, 0.05) is 38.6 Å². The van der Waals surface area contributed by atoms with Crippen LogP contribution in [0.3, 0.4) is 0 Å². The lowest BCUT2D eigenvalue weighted by atomic mass is 9.97. The molecule has 6 nitrogen and oxygen atoms in total. The van der Waals surface area contributed by atoms with Gasteiger partial charge in [-0.3, -0.25) is 0 Å². The van der Waals surface area contributed by atoms with Crippen LogP contribution in [0.1, 0.15) is 29.5 Å². The molecule has 0 saturated carbocycles. The molecular formula is C21H30O6. The van der Waals surface area contributed by atoms with Crippen LogP contribution in [0.15, 0.2) is 47.8 Å². The van der Waals surface area contributed by atoms with Crippen LogP contribution in [0.25, 0.3) is 0 Å². The van der Waals surface area contributed by atoms with Gasteiger partial charge in [0.1, 0.15) is 11.5 Å². The molecule has 0 atom stereocenters. The number of methoxy groups -OCH3 is 2.